The first-order chi connectivity index (χ1) is 7.38. The smallest absolute Gasteiger partial charge is 0.173 e. The van der Waals surface area contributed by atoms with E-state index in [1.807, 2.05) is 6.07 Å². The molecule has 15 heavy (non-hydrogen) atoms. The first-order valence-corrected chi connectivity index (χ1v) is 6.49. The standard InChI is InChI=1S/C11H13NOS2/c1-13-11-3-2-10(15-11)7-12-6-9-4-5-14-8-9/h2-5,8,12H,6-7H2,1H3. The summed E-state index contributed by atoms with van der Waals surface area (Å²) in [6, 6.07) is 6.25. The third-order valence-electron chi connectivity index (χ3n) is 2.05. The van der Waals surface area contributed by atoms with Gasteiger partial charge in [0, 0.05) is 18.0 Å². The van der Waals surface area contributed by atoms with E-state index in [1.165, 1.54) is 10.4 Å². The Kier molecular flexibility index (Phi) is 3.77. The summed E-state index contributed by atoms with van der Waals surface area (Å²) in [6.07, 6.45) is 0. The van der Waals surface area contributed by atoms with Crippen molar-refractivity contribution < 1.29 is 4.74 Å². The number of thiophene rings is 2. The van der Waals surface area contributed by atoms with Gasteiger partial charge >= 0.3 is 0 Å². The maximum atomic E-state index is 5.14. The van der Waals surface area contributed by atoms with E-state index in [0.717, 1.165) is 18.2 Å². The van der Waals surface area contributed by atoms with E-state index in [1.54, 1.807) is 29.8 Å². The zero-order chi connectivity index (χ0) is 10.5. The van der Waals surface area contributed by atoms with Gasteiger partial charge in [0.25, 0.3) is 0 Å². The highest BCUT2D eigenvalue weighted by Crippen LogP contribution is 2.23. The molecule has 0 atom stereocenters. The molecule has 4 heteroatoms. The van der Waals surface area contributed by atoms with E-state index >= 15 is 0 Å². The zero-order valence-corrected chi connectivity index (χ0v) is 10.2. The van der Waals surface area contributed by atoms with Crippen molar-refractivity contribution in [1.82, 2.24) is 5.32 Å². The largest absolute Gasteiger partial charge is 0.487 e. The van der Waals surface area contributed by atoms with Crippen LogP contribution in [0.3, 0.4) is 0 Å². The predicted molar refractivity (Wildman–Crippen MR) is 65.7 cm³/mol. The lowest BCUT2D eigenvalue weighted by atomic mass is 10.3. The molecule has 2 nitrogen and oxygen atoms in total. The van der Waals surface area contributed by atoms with Gasteiger partial charge in [0.2, 0.25) is 0 Å². The van der Waals surface area contributed by atoms with Gasteiger partial charge in [-0.3, -0.25) is 0 Å². The Labute approximate surface area is 97.5 Å². The minimum absolute atomic E-state index is 0.907. The highest BCUT2D eigenvalue weighted by molar-refractivity contribution is 7.13. The first-order valence-electron chi connectivity index (χ1n) is 4.73. The quantitative estimate of drug-likeness (QED) is 0.865. The molecule has 0 saturated carbocycles. The summed E-state index contributed by atoms with van der Waals surface area (Å²) in [5.74, 6) is 0. The first kappa shape index (κ1) is 10.7. The Morgan fingerprint density at radius 2 is 2.20 bits per heavy atom. The molecule has 0 bridgehead atoms. The molecular weight excluding hydrogens is 226 g/mol. The fraction of sp³-hybridized carbons (Fsp3) is 0.273. The van der Waals surface area contributed by atoms with E-state index in [-0.39, 0.29) is 0 Å². The van der Waals surface area contributed by atoms with Gasteiger partial charge in [0.05, 0.1) is 7.11 Å². The Morgan fingerprint density at radius 3 is 2.87 bits per heavy atom. The lowest BCUT2D eigenvalue weighted by Crippen LogP contribution is -2.10. The van der Waals surface area contributed by atoms with Crippen molar-refractivity contribution in [3.63, 3.8) is 0 Å². The van der Waals surface area contributed by atoms with Gasteiger partial charge in [-0.05, 0) is 34.5 Å². The minimum Gasteiger partial charge on any atom is -0.487 e. The molecule has 2 heterocycles. The normalized spacial score (nSPS) is 10.5. The third-order valence-corrected chi connectivity index (χ3v) is 3.83. The molecule has 1 N–H and O–H groups in total. The van der Waals surface area contributed by atoms with Crippen LogP contribution >= 0.6 is 22.7 Å². The van der Waals surface area contributed by atoms with E-state index in [2.05, 4.69) is 28.2 Å². The molecule has 0 fully saturated rings. The SMILES string of the molecule is COc1ccc(CNCc2ccsc2)s1. The molecule has 0 aromatic carbocycles. The van der Waals surface area contributed by atoms with Crippen LogP contribution < -0.4 is 10.1 Å². The summed E-state index contributed by atoms with van der Waals surface area (Å²) in [5, 5.41) is 8.65. The van der Waals surface area contributed by atoms with Crippen molar-refractivity contribution in [2.24, 2.45) is 0 Å². The summed E-state index contributed by atoms with van der Waals surface area (Å²) >= 11 is 3.42. The zero-order valence-electron chi connectivity index (χ0n) is 8.53. The monoisotopic (exact) mass is 239 g/mol. The Bertz CT molecular complexity index is 394. The van der Waals surface area contributed by atoms with Gasteiger partial charge in [-0.2, -0.15) is 11.3 Å². The van der Waals surface area contributed by atoms with Crippen LogP contribution in [0.5, 0.6) is 5.06 Å². The molecule has 2 aromatic rings. The van der Waals surface area contributed by atoms with Crippen LogP contribution in [0.1, 0.15) is 10.4 Å². The second kappa shape index (κ2) is 5.30. The van der Waals surface area contributed by atoms with E-state index in [9.17, 15) is 0 Å². The minimum atomic E-state index is 0.907. The van der Waals surface area contributed by atoms with E-state index in [4.69, 9.17) is 4.74 Å². The lowest BCUT2D eigenvalue weighted by Gasteiger charge is -2.00. The van der Waals surface area contributed by atoms with Crippen LogP contribution in [-0.4, -0.2) is 7.11 Å². The molecule has 2 aromatic heterocycles. The summed E-state index contributed by atoms with van der Waals surface area (Å²) < 4.78 is 5.14. The molecule has 0 saturated heterocycles. The number of ether oxygens (including phenoxy) is 1. The van der Waals surface area contributed by atoms with Crippen molar-refractivity contribution in [1.29, 1.82) is 0 Å². The maximum Gasteiger partial charge on any atom is 0.173 e. The second-order valence-electron chi connectivity index (χ2n) is 3.16. The number of rotatable bonds is 5. The summed E-state index contributed by atoms with van der Waals surface area (Å²) in [5.41, 5.74) is 1.35. The van der Waals surface area contributed by atoms with Crippen LogP contribution in [0.15, 0.2) is 29.0 Å². The van der Waals surface area contributed by atoms with E-state index in [0.29, 0.717) is 0 Å². The Balaban J connectivity index is 1.78. The van der Waals surface area contributed by atoms with Crippen molar-refractivity contribution in [2.45, 2.75) is 13.1 Å². The molecule has 2 rings (SSSR count). The molecular formula is C11H13NOS2. The summed E-state index contributed by atoms with van der Waals surface area (Å²) in [6.45, 7) is 1.84. The predicted octanol–water partition coefficient (Wildman–Crippen LogP) is 3.11. The van der Waals surface area contributed by atoms with Crippen LogP contribution in [0.25, 0.3) is 0 Å². The van der Waals surface area contributed by atoms with Gasteiger partial charge in [-0.15, -0.1) is 11.3 Å². The molecule has 0 spiro atoms. The molecule has 0 aliphatic carbocycles. The van der Waals surface area contributed by atoms with Crippen LogP contribution in [0.4, 0.5) is 0 Å². The number of nitrogens with one attached hydrogen (secondary N) is 1. The highest BCUT2D eigenvalue weighted by atomic mass is 32.1. The summed E-state index contributed by atoms with van der Waals surface area (Å²) in [4.78, 5) is 1.31. The number of hydrogen-bond donors (Lipinski definition) is 1. The number of hydrogen-bond acceptors (Lipinski definition) is 4. The molecule has 0 radical (unpaired) electrons. The van der Waals surface area contributed by atoms with Gasteiger partial charge in [-0.1, -0.05) is 0 Å². The van der Waals surface area contributed by atoms with Crippen LogP contribution in [0, 0.1) is 0 Å². The molecule has 0 unspecified atom stereocenters. The highest BCUT2D eigenvalue weighted by Gasteiger charge is 1.99. The summed E-state index contributed by atoms with van der Waals surface area (Å²) in [7, 11) is 1.70. The van der Waals surface area contributed by atoms with Crippen LogP contribution in [0.2, 0.25) is 0 Å². The van der Waals surface area contributed by atoms with E-state index < -0.39 is 0 Å². The maximum absolute atomic E-state index is 5.14. The topological polar surface area (TPSA) is 21.3 Å². The fourth-order valence-electron chi connectivity index (χ4n) is 1.29. The van der Waals surface area contributed by atoms with Gasteiger partial charge in [-0.25, -0.2) is 0 Å². The van der Waals surface area contributed by atoms with Crippen molar-refractivity contribution in [3.8, 4) is 5.06 Å². The molecule has 80 valence electrons. The van der Waals surface area contributed by atoms with Gasteiger partial charge in [0.1, 0.15) is 0 Å². The van der Waals surface area contributed by atoms with Crippen molar-refractivity contribution >= 4 is 22.7 Å². The average molecular weight is 239 g/mol. The van der Waals surface area contributed by atoms with Crippen molar-refractivity contribution in [2.75, 3.05) is 7.11 Å². The fourth-order valence-corrected chi connectivity index (χ4v) is 2.74. The van der Waals surface area contributed by atoms with Gasteiger partial charge in [0.15, 0.2) is 5.06 Å². The Morgan fingerprint density at radius 1 is 1.27 bits per heavy atom. The van der Waals surface area contributed by atoms with Crippen LogP contribution in [-0.2, 0) is 13.1 Å². The van der Waals surface area contributed by atoms with Gasteiger partial charge < -0.3 is 10.1 Å². The Hall–Kier alpha value is -0.840. The third kappa shape index (κ3) is 3.06. The molecule has 0 aliphatic heterocycles. The lowest BCUT2D eigenvalue weighted by molar-refractivity contribution is 0.427. The second-order valence-corrected chi connectivity index (χ2v) is 5.07. The number of methoxy groups -OCH3 is 1. The average Bonchev–Trinajstić information content (AvgIpc) is 2.88. The molecule has 0 aliphatic rings. The van der Waals surface area contributed by atoms with Crippen molar-refractivity contribution in [3.05, 3.63) is 39.4 Å². The molecule has 0 amide bonds.